The van der Waals surface area contributed by atoms with Gasteiger partial charge in [-0.15, -0.1) is 0 Å². The maximum Gasteiger partial charge on any atom is 0.166 e. The summed E-state index contributed by atoms with van der Waals surface area (Å²) in [6.07, 6.45) is 6.38. The zero-order valence-corrected chi connectivity index (χ0v) is 14.7. The van der Waals surface area contributed by atoms with E-state index in [0.717, 1.165) is 41.4 Å². The van der Waals surface area contributed by atoms with E-state index in [1.54, 1.807) is 14.2 Å². The minimum Gasteiger partial charge on any atom is -0.493 e. The Morgan fingerprint density at radius 1 is 1.17 bits per heavy atom. The van der Waals surface area contributed by atoms with Crippen molar-refractivity contribution in [3.05, 3.63) is 23.8 Å². The van der Waals surface area contributed by atoms with Gasteiger partial charge in [0.1, 0.15) is 0 Å². The SMILES string of the molecule is COc1ccc(CCNC(=S)N[C@H]2C[C@H]3CC[C@H]2C3)cc1OC. The van der Waals surface area contributed by atoms with Crippen LogP contribution in [0.1, 0.15) is 31.2 Å². The molecule has 1 aromatic carbocycles. The van der Waals surface area contributed by atoms with Crippen LogP contribution in [0.25, 0.3) is 0 Å². The Kier molecular flexibility index (Phi) is 5.26. The number of fused-ring (bicyclic) bond motifs is 2. The molecule has 3 rings (SSSR count). The van der Waals surface area contributed by atoms with Gasteiger partial charge in [-0.25, -0.2) is 0 Å². The molecule has 2 aliphatic carbocycles. The van der Waals surface area contributed by atoms with E-state index in [1.807, 2.05) is 12.1 Å². The number of nitrogens with one attached hydrogen (secondary N) is 2. The van der Waals surface area contributed by atoms with Crippen LogP contribution < -0.4 is 20.1 Å². The van der Waals surface area contributed by atoms with Gasteiger partial charge in [0, 0.05) is 12.6 Å². The van der Waals surface area contributed by atoms with E-state index in [-0.39, 0.29) is 0 Å². The largest absolute Gasteiger partial charge is 0.493 e. The highest BCUT2D eigenvalue weighted by Crippen LogP contribution is 2.44. The highest BCUT2D eigenvalue weighted by atomic mass is 32.1. The zero-order valence-electron chi connectivity index (χ0n) is 13.9. The minimum atomic E-state index is 0.592. The molecule has 23 heavy (non-hydrogen) atoms. The van der Waals surface area contributed by atoms with Gasteiger partial charge in [0.15, 0.2) is 16.6 Å². The smallest absolute Gasteiger partial charge is 0.166 e. The zero-order chi connectivity index (χ0) is 16.2. The van der Waals surface area contributed by atoms with Crippen molar-refractivity contribution in [2.24, 2.45) is 11.8 Å². The fourth-order valence-electron chi connectivity index (χ4n) is 4.00. The number of rotatable bonds is 6. The summed E-state index contributed by atoms with van der Waals surface area (Å²) in [5, 5.41) is 7.64. The van der Waals surface area contributed by atoms with E-state index in [9.17, 15) is 0 Å². The maximum atomic E-state index is 5.44. The second-order valence-electron chi connectivity index (χ2n) is 6.62. The quantitative estimate of drug-likeness (QED) is 0.783. The Labute approximate surface area is 143 Å². The van der Waals surface area contributed by atoms with Crippen molar-refractivity contribution >= 4 is 17.3 Å². The van der Waals surface area contributed by atoms with Gasteiger partial charge >= 0.3 is 0 Å². The summed E-state index contributed by atoms with van der Waals surface area (Å²) in [6.45, 7) is 0.822. The first-order chi connectivity index (χ1) is 11.2. The number of thiocarbonyl (C=S) groups is 1. The van der Waals surface area contributed by atoms with Crippen LogP contribution in [0.2, 0.25) is 0 Å². The van der Waals surface area contributed by atoms with Gasteiger partial charge in [0.25, 0.3) is 0 Å². The molecule has 2 N–H and O–H groups in total. The van der Waals surface area contributed by atoms with Crippen LogP contribution in [0.4, 0.5) is 0 Å². The fraction of sp³-hybridized carbons (Fsp3) is 0.611. The van der Waals surface area contributed by atoms with Crippen LogP contribution in [-0.4, -0.2) is 31.9 Å². The highest BCUT2D eigenvalue weighted by Gasteiger charge is 2.39. The highest BCUT2D eigenvalue weighted by molar-refractivity contribution is 7.80. The van der Waals surface area contributed by atoms with Gasteiger partial charge in [-0.3, -0.25) is 0 Å². The Bertz CT molecular complexity index is 564. The topological polar surface area (TPSA) is 42.5 Å². The lowest BCUT2D eigenvalue weighted by Gasteiger charge is -2.24. The molecule has 2 saturated carbocycles. The van der Waals surface area contributed by atoms with E-state index in [4.69, 9.17) is 21.7 Å². The van der Waals surface area contributed by atoms with Crippen molar-refractivity contribution in [1.82, 2.24) is 10.6 Å². The van der Waals surface area contributed by atoms with Crippen LogP contribution in [0, 0.1) is 11.8 Å². The van der Waals surface area contributed by atoms with Crippen LogP contribution >= 0.6 is 12.2 Å². The predicted molar refractivity (Wildman–Crippen MR) is 96.2 cm³/mol. The van der Waals surface area contributed by atoms with Gasteiger partial charge in [0.05, 0.1) is 14.2 Å². The van der Waals surface area contributed by atoms with Gasteiger partial charge < -0.3 is 20.1 Å². The van der Waals surface area contributed by atoms with Crippen molar-refractivity contribution in [2.45, 2.75) is 38.1 Å². The standard InChI is InChI=1S/C18H26N2O2S/c1-21-16-6-4-12(11-17(16)22-2)7-8-19-18(23)20-15-10-13-3-5-14(15)9-13/h4,6,11,13-15H,3,5,7-10H2,1-2H3,(H2,19,20,23)/t13-,14-,15-/m0/s1. The molecule has 0 saturated heterocycles. The molecule has 5 heteroatoms. The third-order valence-electron chi connectivity index (χ3n) is 5.20. The molecule has 2 bridgehead atoms. The van der Waals surface area contributed by atoms with E-state index < -0.39 is 0 Å². The summed E-state index contributed by atoms with van der Waals surface area (Å²) in [5.41, 5.74) is 1.21. The summed E-state index contributed by atoms with van der Waals surface area (Å²) in [6, 6.07) is 6.62. The first kappa shape index (κ1) is 16.4. The molecule has 0 unspecified atom stereocenters. The maximum absolute atomic E-state index is 5.44. The van der Waals surface area contributed by atoms with Crippen LogP contribution in [0.15, 0.2) is 18.2 Å². The lowest BCUT2D eigenvalue weighted by molar-refractivity contribution is 0.354. The molecule has 0 aliphatic heterocycles. The number of ether oxygens (including phenoxy) is 2. The molecule has 1 aromatic rings. The van der Waals surface area contributed by atoms with E-state index in [0.29, 0.717) is 6.04 Å². The lowest BCUT2D eigenvalue weighted by atomic mass is 9.96. The second kappa shape index (κ2) is 7.39. The molecule has 0 aromatic heterocycles. The molecule has 0 amide bonds. The molecule has 2 fully saturated rings. The molecular formula is C18H26N2O2S. The molecule has 0 radical (unpaired) electrons. The third kappa shape index (κ3) is 3.89. The monoisotopic (exact) mass is 334 g/mol. The number of benzene rings is 1. The molecule has 4 nitrogen and oxygen atoms in total. The number of hydrogen-bond acceptors (Lipinski definition) is 3. The van der Waals surface area contributed by atoms with E-state index in [2.05, 4.69) is 16.7 Å². The average molecular weight is 334 g/mol. The van der Waals surface area contributed by atoms with Crippen molar-refractivity contribution < 1.29 is 9.47 Å². The van der Waals surface area contributed by atoms with Crippen LogP contribution in [-0.2, 0) is 6.42 Å². The molecule has 126 valence electrons. The van der Waals surface area contributed by atoms with Crippen molar-refractivity contribution in [3.63, 3.8) is 0 Å². The predicted octanol–water partition coefficient (Wildman–Crippen LogP) is 2.90. The first-order valence-electron chi connectivity index (χ1n) is 8.45. The van der Waals surface area contributed by atoms with Gasteiger partial charge in [-0.1, -0.05) is 12.5 Å². The van der Waals surface area contributed by atoms with Crippen molar-refractivity contribution in [2.75, 3.05) is 20.8 Å². The normalized spacial score (nSPS) is 25.2. The van der Waals surface area contributed by atoms with Gasteiger partial charge in [-0.05, 0) is 67.4 Å². The molecule has 3 atom stereocenters. The molecule has 0 heterocycles. The number of hydrogen-bond donors (Lipinski definition) is 2. The Hall–Kier alpha value is -1.49. The van der Waals surface area contributed by atoms with Crippen molar-refractivity contribution in [1.29, 1.82) is 0 Å². The lowest BCUT2D eigenvalue weighted by Crippen LogP contribution is -2.44. The van der Waals surface area contributed by atoms with Crippen LogP contribution in [0.5, 0.6) is 11.5 Å². The van der Waals surface area contributed by atoms with Gasteiger partial charge in [-0.2, -0.15) is 0 Å². The number of methoxy groups -OCH3 is 2. The van der Waals surface area contributed by atoms with Crippen LogP contribution in [0.3, 0.4) is 0 Å². The third-order valence-corrected chi connectivity index (χ3v) is 5.46. The van der Waals surface area contributed by atoms with E-state index >= 15 is 0 Å². The Morgan fingerprint density at radius 2 is 2.00 bits per heavy atom. The van der Waals surface area contributed by atoms with E-state index in [1.165, 1.54) is 31.2 Å². The van der Waals surface area contributed by atoms with Crippen molar-refractivity contribution in [3.8, 4) is 11.5 Å². The average Bonchev–Trinajstić information content (AvgIpc) is 3.17. The minimum absolute atomic E-state index is 0.592. The summed E-state index contributed by atoms with van der Waals surface area (Å²) in [4.78, 5) is 0. The van der Waals surface area contributed by atoms with Gasteiger partial charge in [0.2, 0.25) is 0 Å². The summed E-state index contributed by atoms with van der Waals surface area (Å²) in [5.74, 6) is 3.31. The molecule has 0 spiro atoms. The fourth-order valence-corrected chi connectivity index (χ4v) is 4.25. The summed E-state index contributed by atoms with van der Waals surface area (Å²) < 4.78 is 10.6. The first-order valence-corrected chi connectivity index (χ1v) is 8.85. The summed E-state index contributed by atoms with van der Waals surface area (Å²) >= 11 is 5.44. The summed E-state index contributed by atoms with van der Waals surface area (Å²) in [7, 11) is 3.31. The molecule has 2 aliphatic rings. The molecular weight excluding hydrogens is 308 g/mol. The Balaban J connectivity index is 1.43. The Morgan fingerprint density at radius 3 is 2.65 bits per heavy atom. The second-order valence-corrected chi connectivity index (χ2v) is 7.03.